The average molecular weight is 233 g/mol. The van der Waals surface area contributed by atoms with E-state index in [1.807, 2.05) is 13.8 Å². The molecule has 0 aliphatic heterocycles. The monoisotopic (exact) mass is 233 g/mol. The molecule has 0 saturated carbocycles. The molecule has 0 amide bonds. The molecular weight excluding hydrogens is 222 g/mol. The van der Waals surface area contributed by atoms with Gasteiger partial charge in [-0.25, -0.2) is 0 Å². The molecule has 2 aromatic rings. The predicted octanol–water partition coefficient (Wildman–Crippen LogP) is 1.83. The number of nitro benzene ring substituents is 1. The number of hydrogen-bond donors (Lipinski definition) is 0. The summed E-state index contributed by atoms with van der Waals surface area (Å²) in [6.45, 7) is 3.86. The molecule has 0 aliphatic carbocycles. The summed E-state index contributed by atoms with van der Waals surface area (Å²) < 4.78 is 0. The van der Waals surface area contributed by atoms with Crippen molar-refractivity contribution in [2.75, 3.05) is 0 Å². The van der Waals surface area contributed by atoms with Gasteiger partial charge in [0.15, 0.2) is 0 Å². The molecular formula is C10H11N5O2. The molecule has 1 aromatic carbocycles. The van der Waals surface area contributed by atoms with Gasteiger partial charge in [-0.2, -0.15) is 4.80 Å². The SMILES string of the molecule is CC(C)n1nnc(-c2cccc([N+](=O)[O-])c2)n1. The van der Waals surface area contributed by atoms with Crippen molar-refractivity contribution >= 4 is 5.69 Å². The maximum atomic E-state index is 10.6. The molecule has 0 bridgehead atoms. The smallest absolute Gasteiger partial charge is 0.258 e. The molecule has 0 N–H and O–H groups in total. The number of nitrogens with zero attached hydrogens (tertiary/aromatic N) is 5. The van der Waals surface area contributed by atoms with E-state index in [4.69, 9.17) is 0 Å². The Kier molecular flexibility index (Phi) is 2.82. The lowest BCUT2D eigenvalue weighted by molar-refractivity contribution is -0.384. The van der Waals surface area contributed by atoms with E-state index in [1.165, 1.54) is 16.9 Å². The van der Waals surface area contributed by atoms with Crippen LogP contribution in [0.2, 0.25) is 0 Å². The minimum atomic E-state index is -0.448. The molecule has 7 nitrogen and oxygen atoms in total. The van der Waals surface area contributed by atoms with Gasteiger partial charge in [0, 0.05) is 17.7 Å². The Morgan fingerprint density at radius 1 is 1.41 bits per heavy atom. The quantitative estimate of drug-likeness (QED) is 0.596. The molecule has 0 atom stereocenters. The van der Waals surface area contributed by atoms with Crippen molar-refractivity contribution < 1.29 is 4.92 Å². The number of rotatable bonds is 3. The molecule has 0 fully saturated rings. The number of tetrazole rings is 1. The summed E-state index contributed by atoms with van der Waals surface area (Å²) in [6.07, 6.45) is 0. The third-order valence-corrected chi connectivity index (χ3v) is 2.21. The molecule has 0 radical (unpaired) electrons. The average Bonchev–Trinajstić information content (AvgIpc) is 2.78. The fraction of sp³-hybridized carbons (Fsp3) is 0.300. The Labute approximate surface area is 97.2 Å². The molecule has 17 heavy (non-hydrogen) atoms. The summed E-state index contributed by atoms with van der Waals surface area (Å²) in [6, 6.07) is 6.28. The minimum Gasteiger partial charge on any atom is -0.258 e. The van der Waals surface area contributed by atoms with Crippen molar-refractivity contribution in [1.82, 2.24) is 20.2 Å². The Morgan fingerprint density at radius 3 is 2.76 bits per heavy atom. The van der Waals surface area contributed by atoms with Crippen LogP contribution in [-0.4, -0.2) is 25.1 Å². The Bertz CT molecular complexity index is 549. The largest absolute Gasteiger partial charge is 0.270 e. The first-order valence-corrected chi connectivity index (χ1v) is 5.12. The van der Waals surface area contributed by atoms with Crippen LogP contribution >= 0.6 is 0 Å². The first-order chi connectivity index (χ1) is 8.08. The first kappa shape index (κ1) is 11.2. The van der Waals surface area contributed by atoms with Gasteiger partial charge in [-0.05, 0) is 19.1 Å². The number of aromatic nitrogens is 4. The van der Waals surface area contributed by atoms with Crippen LogP contribution < -0.4 is 0 Å². The summed E-state index contributed by atoms with van der Waals surface area (Å²) in [5.74, 6) is 0.391. The molecule has 2 rings (SSSR count). The Morgan fingerprint density at radius 2 is 2.18 bits per heavy atom. The molecule has 0 saturated heterocycles. The zero-order valence-corrected chi connectivity index (χ0v) is 9.44. The van der Waals surface area contributed by atoms with Gasteiger partial charge in [0.2, 0.25) is 5.82 Å². The Balaban J connectivity index is 2.38. The normalized spacial score (nSPS) is 10.8. The third kappa shape index (κ3) is 2.27. The Hall–Kier alpha value is -2.31. The van der Waals surface area contributed by atoms with Crippen molar-refractivity contribution in [3.63, 3.8) is 0 Å². The molecule has 0 unspecified atom stereocenters. The third-order valence-electron chi connectivity index (χ3n) is 2.21. The molecule has 7 heteroatoms. The van der Waals surface area contributed by atoms with E-state index in [1.54, 1.807) is 12.1 Å². The van der Waals surface area contributed by atoms with Gasteiger partial charge in [-0.15, -0.1) is 10.2 Å². The number of benzene rings is 1. The van der Waals surface area contributed by atoms with Crippen LogP contribution in [0.5, 0.6) is 0 Å². The molecule has 0 spiro atoms. The van der Waals surface area contributed by atoms with Gasteiger partial charge in [-0.3, -0.25) is 10.1 Å². The van der Waals surface area contributed by atoms with E-state index in [2.05, 4.69) is 15.4 Å². The van der Waals surface area contributed by atoms with Crippen LogP contribution in [0.4, 0.5) is 5.69 Å². The van der Waals surface area contributed by atoms with E-state index in [0.717, 1.165) is 0 Å². The summed E-state index contributed by atoms with van der Waals surface area (Å²) in [4.78, 5) is 11.7. The van der Waals surface area contributed by atoms with Crippen LogP contribution in [0.3, 0.4) is 0 Å². The van der Waals surface area contributed by atoms with Gasteiger partial charge in [0.1, 0.15) is 0 Å². The lowest BCUT2D eigenvalue weighted by atomic mass is 10.2. The number of hydrogen-bond acceptors (Lipinski definition) is 5. The van der Waals surface area contributed by atoms with E-state index < -0.39 is 4.92 Å². The van der Waals surface area contributed by atoms with Gasteiger partial charge in [-0.1, -0.05) is 12.1 Å². The van der Waals surface area contributed by atoms with Crippen molar-refractivity contribution in [2.24, 2.45) is 0 Å². The highest BCUT2D eigenvalue weighted by Crippen LogP contribution is 2.20. The lowest BCUT2D eigenvalue weighted by Gasteiger charge is -1.99. The van der Waals surface area contributed by atoms with Crippen LogP contribution in [0.1, 0.15) is 19.9 Å². The van der Waals surface area contributed by atoms with E-state index in [0.29, 0.717) is 11.4 Å². The zero-order chi connectivity index (χ0) is 12.4. The summed E-state index contributed by atoms with van der Waals surface area (Å²) in [5.41, 5.74) is 0.606. The zero-order valence-electron chi connectivity index (χ0n) is 9.44. The van der Waals surface area contributed by atoms with E-state index in [-0.39, 0.29) is 11.7 Å². The second-order valence-corrected chi connectivity index (χ2v) is 3.83. The highest BCUT2D eigenvalue weighted by molar-refractivity contribution is 5.58. The summed E-state index contributed by atoms with van der Waals surface area (Å²) in [5, 5.41) is 22.5. The van der Waals surface area contributed by atoms with Crippen LogP contribution in [-0.2, 0) is 0 Å². The van der Waals surface area contributed by atoms with Crippen LogP contribution in [0.15, 0.2) is 24.3 Å². The topological polar surface area (TPSA) is 86.7 Å². The van der Waals surface area contributed by atoms with Gasteiger partial charge in [0.05, 0.1) is 11.0 Å². The minimum absolute atomic E-state index is 0.0170. The first-order valence-electron chi connectivity index (χ1n) is 5.12. The standard InChI is InChI=1S/C10H11N5O2/c1-7(2)14-12-10(11-13-14)8-4-3-5-9(6-8)15(16)17/h3-7H,1-2H3. The fourth-order valence-corrected chi connectivity index (χ4v) is 1.32. The lowest BCUT2D eigenvalue weighted by Crippen LogP contribution is -2.04. The maximum absolute atomic E-state index is 10.6. The number of non-ortho nitro benzene ring substituents is 1. The predicted molar refractivity (Wildman–Crippen MR) is 60.3 cm³/mol. The van der Waals surface area contributed by atoms with E-state index in [9.17, 15) is 10.1 Å². The van der Waals surface area contributed by atoms with Crippen molar-refractivity contribution in [2.45, 2.75) is 19.9 Å². The maximum Gasteiger partial charge on any atom is 0.270 e. The van der Waals surface area contributed by atoms with Gasteiger partial charge < -0.3 is 0 Å². The highest BCUT2D eigenvalue weighted by Gasteiger charge is 2.11. The molecule has 1 aromatic heterocycles. The summed E-state index contributed by atoms with van der Waals surface area (Å²) in [7, 11) is 0. The molecule has 1 heterocycles. The van der Waals surface area contributed by atoms with Gasteiger partial charge in [0.25, 0.3) is 5.69 Å². The second kappa shape index (κ2) is 4.28. The summed E-state index contributed by atoms with van der Waals surface area (Å²) >= 11 is 0. The number of nitro groups is 1. The van der Waals surface area contributed by atoms with Crippen LogP contribution in [0, 0.1) is 10.1 Å². The van der Waals surface area contributed by atoms with Crippen molar-refractivity contribution in [3.05, 3.63) is 34.4 Å². The van der Waals surface area contributed by atoms with Crippen molar-refractivity contribution in [1.29, 1.82) is 0 Å². The fourth-order valence-electron chi connectivity index (χ4n) is 1.32. The molecule has 0 aliphatic rings. The van der Waals surface area contributed by atoms with Gasteiger partial charge >= 0.3 is 0 Å². The van der Waals surface area contributed by atoms with Crippen LogP contribution in [0.25, 0.3) is 11.4 Å². The highest BCUT2D eigenvalue weighted by atomic mass is 16.6. The molecule has 88 valence electrons. The van der Waals surface area contributed by atoms with Crippen molar-refractivity contribution in [3.8, 4) is 11.4 Å². The second-order valence-electron chi connectivity index (χ2n) is 3.83. The van der Waals surface area contributed by atoms with E-state index >= 15 is 0 Å².